The monoisotopic (exact) mass is 381 g/mol. The van der Waals surface area contributed by atoms with Crippen molar-refractivity contribution in [2.45, 2.75) is 32.9 Å². The summed E-state index contributed by atoms with van der Waals surface area (Å²) in [5.74, 6) is 1.88. The van der Waals surface area contributed by atoms with Crippen molar-refractivity contribution in [3.05, 3.63) is 58.4 Å². The maximum atomic E-state index is 13.0. The summed E-state index contributed by atoms with van der Waals surface area (Å²) in [5, 5.41) is 0.473. The third-order valence-electron chi connectivity index (χ3n) is 5.22. The molecule has 0 spiro atoms. The summed E-state index contributed by atoms with van der Waals surface area (Å²) in [4.78, 5) is 15.2. The molecule has 28 heavy (non-hydrogen) atoms. The highest BCUT2D eigenvalue weighted by Gasteiger charge is 2.25. The normalized spacial score (nSPS) is 15.0. The minimum atomic E-state index is -0.226. The number of para-hydroxylation sites is 2. The zero-order chi connectivity index (χ0) is 19.7. The van der Waals surface area contributed by atoms with Crippen LogP contribution < -0.4 is 19.6 Å². The highest BCUT2D eigenvalue weighted by molar-refractivity contribution is 5.83. The summed E-state index contributed by atoms with van der Waals surface area (Å²) < 4.78 is 22.8. The van der Waals surface area contributed by atoms with Crippen molar-refractivity contribution in [3.8, 4) is 23.0 Å². The second-order valence-corrected chi connectivity index (χ2v) is 6.88. The fourth-order valence-electron chi connectivity index (χ4n) is 3.34. The average Bonchev–Trinajstić information content (AvgIpc) is 2.74. The Balaban J connectivity index is 1.74. The second kappa shape index (κ2) is 7.56. The summed E-state index contributed by atoms with van der Waals surface area (Å²) in [6.45, 7) is 5.52. The molecule has 3 aromatic rings. The first-order valence-electron chi connectivity index (χ1n) is 9.37. The summed E-state index contributed by atoms with van der Waals surface area (Å²) >= 11 is 0. The molecular weight excluding hydrogens is 358 g/mol. The number of rotatable bonds is 5. The summed E-state index contributed by atoms with van der Waals surface area (Å²) in [6.07, 6.45) is 2.38. The van der Waals surface area contributed by atoms with Crippen LogP contribution >= 0.6 is 0 Å². The van der Waals surface area contributed by atoms with E-state index in [0.717, 1.165) is 17.7 Å². The highest BCUT2D eigenvalue weighted by Crippen LogP contribution is 2.34. The first-order chi connectivity index (χ1) is 13.6. The number of ether oxygens (including phenoxy) is 3. The second-order valence-electron chi connectivity index (χ2n) is 6.88. The molecule has 146 valence electrons. The molecule has 1 atom stereocenters. The molecule has 4 rings (SSSR count). The molecule has 0 amide bonds. The van der Waals surface area contributed by atoms with Gasteiger partial charge in [0, 0.05) is 12.6 Å². The molecule has 1 aliphatic rings. The number of hydrogen-bond donors (Lipinski definition) is 0. The highest BCUT2D eigenvalue weighted by atomic mass is 16.5. The van der Waals surface area contributed by atoms with Crippen LogP contribution in [0.25, 0.3) is 11.0 Å². The standard InChI is InChI=1S/C22H23NO5/c1-4-14(2)23-11-16-17(27-13-23)10-9-15-21(24)20(12-26-22(15)16)28-19-8-6-5-7-18(19)25-3/h5-10,12,14H,4,11,13H2,1-3H3. The molecule has 0 saturated carbocycles. The summed E-state index contributed by atoms with van der Waals surface area (Å²) in [5.41, 5.74) is 1.21. The minimum absolute atomic E-state index is 0.118. The summed E-state index contributed by atoms with van der Waals surface area (Å²) in [7, 11) is 1.56. The van der Waals surface area contributed by atoms with Gasteiger partial charge in [-0.15, -0.1) is 0 Å². The third-order valence-corrected chi connectivity index (χ3v) is 5.22. The number of methoxy groups -OCH3 is 1. The number of hydrogen-bond acceptors (Lipinski definition) is 6. The van der Waals surface area contributed by atoms with Gasteiger partial charge in [0.1, 0.15) is 24.3 Å². The quantitative estimate of drug-likeness (QED) is 0.646. The van der Waals surface area contributed by atoms with E-state index in [0.29, 0.717) is 41.8 Å². The molecular formula is C22H23NO5. The average molecular weight is 381 g/mol. The van der Waals surface area contributed by atoms with Crippen LogP contribution in [0, 0.1) is 0 Å². The molecule has 1 aliphatic heterocycles. The smallest absolute Gasteiger partial charge is 0.235 e. The van der Waals surface area contributed by atoms with Crippen molar-refractivity contribution in [1.82, 2.24) is 4.90 Å². The Morgan fingerprint density at radius 2 is 1.93 bits per heavy atom. The molecule has 0 radical (unpaired) electrons. The van der Waals surface area contributed by atoms with Gasteiger partial charge in [0.25, 0.3) is 0 Å². The Morgan fingerprint density at radius 1 is 1.14 bits per heavy atom. The van der Waals surface area contributed by atoms with Crippen LogP contribution in [0.15, 0.2) is 51.9 Å². The largest absolute Gasteiger partial charge is 0.493 e. The van der Waals surface area contributed by atoms with E-state index in [1.165, 1.54) is 6.26 Å². The van der Waals surface area contributed by atoms with Crippen molar-refractivity contribution in [3.63, 3.8) is 0 Å². The molecule has 0 saturated heterocycles. The van der Waals surface area contributed by atoms with Gasteiger partial charge in [-0.05, 0) is 37.6 Å². The molecule has 2 heterocycles. The van der Waals surface area contributed by atoms with Crippen molar-refractivity contribution < 1.29 is 18.6 Å². The van der Waals surface area contributed by atoms with E-state index in [9.17, 15) is 4.79 Å². The Kier molecular flexibility index (Phi) is 4.96. The van der Waals surface area contributed by atoms with Crippen molar-refractivity contribution >= 4 is 11.0 Å². The van der Waals surface area contributed by atoms with Gasteiger partial charge >= 0.3 is 0 Å². The molecule has 0 fully saturated rings. The third kappa shape index (κ3) is 3.20. The molecule has 1 aromatic heterocycles. The molecule has 0 bridgehead atoms. The van der Waals surface area contributed by atoms with Crippen molar-refractivity contribution in [2.75, 3.05) is 13.8 Å². The van der Waals surface area contributed by atoms with E-state index in [1.807, 2.05) is 18.2 Å². The zero-order valence-electron chi connectivity index (χ0n) is 16.2. The van der Waals surface area contributed by atoms with E-state index in [2.05, 4.69) is 18.7 Å². The van der Waals surface area contributed by atoms with Gasteiger partial charge in [0.15, 0.2) is 11.5 Å². The lowest BCUT2D eigenvalue weighted by Crippen LogP contribution is -2.38. The van der Waals surface area contributed by atoms with Crippen LogP contribution in [0.4, 0.5) is 0 Å². The first-order valence-corrected chi connectivity index (χ1v) is 9.37. The minimum Gasteiger partial charge on any atom is -0.493 e. The van der Waals surface area contributed by atoms with E-state index in [-0.39, 0.29) is 11.2 Å². The zero-order valence-corrected chi connectivity index (χ0v) is 16.2. The Hall–Kier alpha value is -2.99. The molecule has 2 aromatic carbocycles. The maximum absolute atomic E-state index is 13.0. The maximum Gasteiger partial charge on any atom is 0.235 e. The first kappa shape index (κ1) is 18.4. The topological polar surface area (TPSA) is 61.1 Å². The summed E-state index contributed by atoms with van der Waals surface area (Å²) in [6, 6.07) is 11.1. The van der Waals surface area contributed by atoms with Crippen LogP contribution in [0.1, 0.15) is 25.8 Å². The molecule has 6 nitrogen and oxygen atoms in total. The number of fused-ring (bicyclic) bond motifs is 3. The fourth-order valence-corrected chi connectivity index (χ4v) is 3.34. The van der Waals surface area contributed by atoms with Gasteiger partial charge in [-0.2, -0.15) is 0 Å². The van der Waals surface area contributed by atoms with Gasteiger partial charge < -0.3 is 18.6 Å². The van der Waals surface area contributed by atoms with Crippen molar-refractivity contribution in [2.24, 2.45) is 0 Å². The van der Waals surface area contributed by atoms with Crippen LogP contribution in [-0.2, 0) is 6.54 Å². The van der Waals surface area contributed by atoms with E-state index < -0.39 is 0 Å². The van der Waals surface area contributed by atoms with Gasteiger partial charge in [-0.1, -0.05) is 19.1 Å². The number of benzene rings is 2. The van der Waals surface area contributed by atoms with Gasteiger partial charge in [0.2, 0.25) is 11.2 Å². The predicted molar refractivity (Wildman–Crippen MR) is 106 cm³/mol. The van der Waals surface area contributed by atoms with Crippen molar-refractivity contribution in [1.29, 1.82) is 0 Å². The van der Waals surface area contributed by atoms with Gasteiger partial charge in [-0.3, -0.25) is 9.69 Å². The Labute approximate surface area is 163 Å². The molecule has 0 N–H and O–H groups in total. The Bertz CT molecular complexity index is 1060. The van der Waals surface area contributed by atoms with Gasteiger partial charge in [-0.25, -0.2) is 0 Å². The van der Waals surface area contributed by atoms with E-state index in [1.54, 1.807) is 25.3 Å². The van der Waals surface area contributed by atoms with Crippen LogP contribution in [0.3, 0.4) is 0 Å². The number of nitrogens with zero attached hydrogens (tertiary/aromatic N) is 1. The SMILES string of the molecule is CCC(C)N1COc2ccc3c(=O)c(Oc4ccccc4OC)coc3c2C1. The van der Waals surface area contributed by atoms with Gasteiger partial charge in [0.05, 0.1) is 18.1 Å². The molecule has 6 heteroatoms. The Morgan fingerprint density at radius 3 is 2.68 bits per heavy atom. The fraction of sp³-hybridized carbons (Fsp3) is 0.318. The lowest BCUT2D eigenvalue weighted by molar-refractivity contribution is 0.0610. The van der Waals surface area contributed by atoms with E-state index in [4.69, 9.17) is 18.6 Å². The lowest BCUT2D eigenvalue weighted by atomic mass is 10.1. The molecule has 1 unspecified atom stereocenters. The molecule has 0 aliphatic carbocycles. The van der Waals surface area contributed by atoms with Crippen LogP contribution in [-0.4, -0.2) is 24.8 Å². The lowest BCUT2D eigenvalue weighted by Gasteiger charge is -2.33. The van der Waals surface area contributed by atoms with E-state index >= 15 is 0 Å². The predicted octanol–water partition coefficient (Wildman–Crippen LogP) is 4.54. The van der Waals surface area contributed by atoms with Crippen LogP contribution in [0.5, 0.6) is 23.0 Å². The van der Waals surface area contributed by atoms with Crippen LogP contribution in [0.2, 0.25) is 0 Å².